The maximum atomic E-state index is 12.1. The fourth-order valence-corrected chi connectivity index (χ4v) is 4.09. The van der Waals surface area contributed by atoms with E-state index in [-0.39, 0.29) is 12.0 Å². The van der Waals surface area contributed by atoms with Gasteiger partial charge in [0.05, 0.1) is 11.6 Å². The Morgan fingerprint density at radius 3 is 2.48 bits per heavy atom. The number of hydrogen-bond acceptors (Lipinski definition) is 5. The van der Waals surface area contributed by atoms with Crippen molar-refractivity contribution in [3.8, 4) is 11.5 Å². The molecule has 2 N–H and O–H groups in total. The SMILES string of the molecule is COCCNC(=O)c1ccc(OC2CCN(Cc3cc(C)c(O)c(C)c3)CC2)c(Cl)c1. The lowest BCUT2D eigenvalue weighted by Crippen LogP contribution is -2.37. The number of ether oxygens (including phenoxy) is 2. The predicted molar refractivity (Wildman–Crippen MR) is 122 cm³/mol. The highest BCUT2D eigenvalue weighted by Crippen LogP contribution is 2.29. The molecule has 1 saturated heterocycles. The van der Waals surface area contributed by atoms with E-state index in [1.165, 1.54) is 5.56 Å². The summed E-state index contributed by atoms with van der Waals surface area (Å²) in [7, 11) is 1.59. The molecule has 3 rings (SSSR count). The standard InChI is InChI=1S/C24H31ClN2O4/c1-16-12-18(13-17(2)23(16)28)15-27-9-6-20(7-10-27)31-22-5-4-19(14-21(22)25)24(29)26-8-11-30-3/h4-5,12-14,20,28H,6-11,15H2,1-3H3,(H,26,29). The van der Waals surface area contributed by atoms with Gasteiger partial charge in [0.2, 0.25) is 0 Å². The van der Waals surface area contributed by atoms with Gasteiger partial charge in [-0.15, -0.1) is 0 Å². The number of aryl methyl sites for hydroxylation is 2. The second-order valence-corrected chi connectivity index (χ2v) is 8.47. The van der Waals surface area contributed by atoms with Gasteiger partial charge in [0.1, 0.15) is 17.6 Å². The molecule has 7 heteroatoms. The van der Waals surface area contributed by atoms with Gasteiger partial charge in [-0.1, -0.05) is 23.7 Å². The number of phenolic OH excluding ortho intramolecular Hbond substituents is 1. The molecule has 1 amide bonds. The number of carbonyl (C=O) groups is 1. The summed E-state index contributed by atoms with van der Waals surface area (Å²) in [6.07, 6.45) is 1.91. The highest BCUT2D eigenvalue weighted by atomic mass is 35.5. The van der Waals surface area contributed by atoms with E-state index in [9.17, 15) is 9.90 Å². The number of halogens is 1. The average molecular weight is 447 g/mol. The lowest BCUT2D eigenvalue weighted by molar-refractivity contribution is 0.0935. The summed E-state index contributed by atoms with van der Waals surface area (Å²) in [5, 5.41) is 13.2. The first-order chi connectivity index (χ1) is 14.9. The number of aromatic hydroxyl groups is 1. The number of phenols is 1. The molecule has 1 heterocycles. The Balaban J connectivity index is 1.51. The van der Waals surface area contributed by atoms with Crippen molar-refractivity contribution >= 4 is 17.5 Å². The lowest BCUT2D eigenvalue weighted by atomic mass is 10.0. The number of carbonyl (C=O) groups excluding carboxylic acids is 1. The van der Waals surface area contributed by atoms with Crippen molar-refractivity contribution in [2.75, 3.05) is 33.4 Å². The van der Waals surface area contributed by atoms with Crippen molar-refractivity contribution in [1.82, 2.24) is 10.2 Å². The first-order valence-corrected chi connectivity index (χ1v) is 11.0. The van der Waals surface area contributed by atoms with Crippen LogP contribution in [0.15, 0.2) is 30.3 Å². The van der Waals surface area contributed by atoms with Crippen molar-refractivity contribution in [3.63, 3.8) is 0 Å². The van der Waals surface area contributed by atoms with Crippen molar-refractivity contribution in [1.29, 1.82) is 0 Å². The van der Waals surface area contributed by atoms with E-state index < -0.39 is 0 Å². The molecule has 31 heavy (non-hydrogen) atoms. The Labute approximate surface area is 189 Å². The van der Waals surface area contributed by atoms with Crippen LogP contribution in [-0.4, -0.2) is 55.4 Å². The summed E-state index contributed by atoms with van der Waals surface area (Å²) in [5.74, 6) is 0.808. The predicted octanol–water partition coefficient (Wildman–Crippen LogP) is 4.08. The van der Waals surface area contributed by atoms with Crippen LogP contribution in [0.25, 0.3) is 0 Å². The Hall–Kier alpha value is -2.28. The maximum Gasteiger partial charge on any atom is 0.251 e. The first-order valence-electron chi connectivity index (χ1n) is 10.6. The second-order valence-electron chi connectivity index (χ2n) is 8.07. The summed E-state index contributed by atoms with van der Waals surface area (Å²) < 4.78 is 11.1. The van der Waals surface area contributed by atoms with Gasteiger partial charge in [-0.05, 0) is 61.6 Å². The van der Waals surface area contributed by atoms with Gasteiger partial charge in [0, 0.05) is 38.9 Å². The molecule has 1 aliphatic rings. The number of nitrogens with one attached hydrogen (secondary N) is 1. The van der Waals surface area contributed by atoms with Gasteiger partial charge in [0.15, 0.2) is 0 Å². The van der Waals surface area contributed by atoms with E-state index in [1.807, 2.05) is 13.8 Å². The monoisotopic (exact) mass is 446 g/mol. The third kappa shape index (κ3) is 6.35. The number of benzene rings is 2. The molecular weight excluding hydrogens is 416 g/mol. The zero-order valence-electron chi connectivity index (χ0n) is 18.4. The van der Waals surface area contributed by atoms with E-state index in [1.54, 1.807) is 25.3 Å². The molecule has 0 aliphatic carbocycles. The summed E-state index contributed by atoms with van der Waals surface area (Å²) in [4.78, 5) is 14.5. The number of rotatable bonds is 8. The van der Waals surface area contributed by atoms with Gasteiger partial charge >= 0.3 is 0 Å². The van der Waals surface area contributed by atoms with Crippen molar-refractivity contribution in [3.05, 3.63) is 57.6 Å². The number of likely N-dealkylation sites (tertiary alicyclic amines) is 1. The summed E-state index contributed by atoms with van der Waals surface area (Å²) in [5.41, 5.74) is 3.55. The summed E-state index contributed by atoms with van der Waals surface area (Å²) in [6, 6.07) is 9.24. The zero-order chi connectivity index (χ0) is 22.4. The number of nitrogens with zero attached hydrogens (tertiary/aromatic N) is 1. The van der Waals surface area contributed by atoms with Gasteiger partial charge in [-0.3, -0.25) is 9.69 Å². The minimum absolute atomic E-state index is 0.0958. The Morgan fingerprint density at radius 2 is 1.87 bits per heavy atom. The summed E-state index contributed by atoms with van der Waals surface area (Å²) >= 11 is 6.37. The van der Waals surface area contributed by atoms with Crippen LogP contribution in [0.2, 0.25) is 5.02 Å². The molecule has 0 spiro atoms. The smallest absolute Gasteiger partial charge is 0.251 e. The molecule has 0 aromatic heterocycles. The van der Waals surface area contributed by atoms with Crippen LogP contribution >= 0.6 is 11.6 Å². The number of hydrogen-bond donors (Lipinski definition) is 2. The lowest BCUT2D eigenvalue weighted by Gasteiger charge is -2.32. The van der Waals surface area contributed by atoms with E-state index in [4.69, 9.17) is 21.1 Å². The van der Waals surface area contributed by atoms with Gasteiger partial charge in [0.25, 0.3) is 5.91 Å². The highest BCUT2D eigenvalue weighted by molar-refractivity contribution is 6.32. The zero-order valence-corrected chi connectivity index (χ0v) is 19.2. The van der Waals surface area contributed by atoms with Crippen LogP contribution in [0.1, 0.15) is 39.9 Å². The Kier molecular flexibility index (Phi) is 8.18. The Morgan fingerprint density at radius 1 is 1.19 bits per heavy atom. The molecule has 0 radical (unpaired) electrons. The van der Waals surface area contributed by atoms with Crippen molar-refractivity contribution in [2.24, 2.45) is 0 Å². The fraction of sp³-hybridized carbons (Fsp3) is 0.458. The number of piperidine rings is 1. The van der Waals surface area contributed by atoms with Crippen LogP contribution < -0.4 is 10.1 Å². The average Bonchev–Trinajstić information content (AvgIpc) is 2.75. The first kappa shape index (κ1) is 23.4. The van der Waals surface area contributed by atoms with E-state index in [0.29, 0.717) is 35.2 Å². The van der Waals surface area contributed by atoms with E-state index >= 15 is 0 Å². The number of methoxy groups -OCH3 is 1. The van der Waals surface area contributed by atoms with Crippen LogP contribution in [0.4, 0.5) is 0 Å². The molecule has 1 aliphatic heterocycles. The minimum atomic E-state index is -0.182. The molecule has 168 valence electrons. The van der Waals surface area contributed by atoms with E-state index in [0.717, 1.165) is 43.6 Å². The largest absolute Gasteiger partial charge is 0.507 e. The van der Waals surface area contributed by atoms with Crippen molar-refractivity contribution < 1.29 is 19.4 Å². The molecule has 2 aromatic rings. The molecule has 1 fully saturated rings. The molecule has 0 unspecified atom stereocenters. The molecule has 2 aromatic carbocycles. The maximum absolute atomic E-state index is 12.1. The molecule has 0 bridgehead atoms. The van der Waals surface area contributed by atoms with E-state index in [2.05, 4.69) is 22.3 Å². The highest BCUT2D eigenvalue weighted by Gasteiger charge is 2.22. The van der Waals surface area contributed by atoms with Crippen LogP contribution in [0.3, 0.4) is 0 Å². The summed E-state index contributed by atoms with van der Waals surface area (Å²) in [6.45, 7) is 7.51. The van der Waals surface area contributed by atoms with Crippen molar-refractivity contribution in [2.45, 2.75) is 39.3 Å². The topological polar surface area (TPSA) is 71.0 Å². The number of amides is 1. The minimum Gasteiger partial charge on any atom is -0.507 e. The van der Waals surface area contributed by atoms with Crippen LogP contribution in [0.5, 0.6) is 11.5 Å². The van der Waals surface area contributed by atoms with Gasteiger partial charge < -0.3 is 19.9 Å². The second kappa shape index (κ2) is 10.8. The molecule has 0 atom stereocenters. The molecular formula is C24H31ClN2O4. The van der Waals surface area contributed by atoms with Gasteiger partial charge in [-0.25, -0.2) is 0 Å². The van der Waals surface area contributed by atoms with Crippen LogP contribution in [0, 0.1) is 13.8 Å². The third-order valence-corrected chi connectivity index (χ3v) is 5.87. The molecule has 0 saturated carbocycles. The molecule has 6 nitrogen and oxygen atoms in total. The van der Waals surface area contributed by atoms with Gasteiger partial charge in [-0.2, -0.15) is 0 Å². The Bertz CT molecular complexity index is 887. The quantitative estimate of drug-likeness (QED) is 0.598. The van der Waals surface area contributed by atoms with Crippen LogP contribution in [-0.2, 0) is 11.3 Å². The third-order valence-electron chi connectivity index (χ3n) is 5.57. The fourth-order valence-electron chi connectivity index (χ4n) is 3.87. The normalized spacial score (nSPS) is 15.1.